The molecule has 0 bridgehead atoms. The minimum absolute atomic E-state index is 0.0421. The zero-order valence-corrected chi connectivity index (χ0v) is 15.4. The third-order valence-electron chi connectivity index (χ3n) is 3.23. The van der Waals surface area contributed by atoms with Crippen molar-refractivity contribution in [3.05, 3.63) is 50.6 Å². The van der Waals surface area contributed by atoms with Crippen LogP contribution in [0.3, 0.4) is 0 Å². The van der Waals surface area contributed by atoms with Gasteiger partial charge in [-0.2, -0.15) is 36.1 Å². The lowest BCUT2D eigenvalue weighted by atomic mass is 10.1. The largest absolute Gasteiger partial charge is 0.462 e. The Morgan fingerprint density at radius 2 is 1.68 bits per heavy atom. The smallest absolute Gasteiger partial charge is 0.416 e. The van der Waals surface area contributed by atoms with Crippen LogP contribution in [-0.4, -0.2) is 26.9 Å². The van der Waals surface area contributed by atoms with Gasteiger partial charge in [-0.3, -0.25) is 4.57 Å². The molecule has 0 radical (unpaired) electrons. The first-order valence-corrected chi connectivity index (χ1v) is 8.14. The van der Waals surface area contributed by atoms with Gasteiger partial charge in [-0.05, 0) is 41.1 Å². The molecule has 2 rings (SSSR count). The number of carbonyl (C=O) groups is 1. The number of hydrogen-bond acceptors (Lipinski definition) is 4. The molecule has 13 heteroatoms. The number of carbonyl (C=O) groups excluding carboxylic acids is 1. The van der Waals surface area contributed by atoms with Crippen molar-refractivity contribution in [2.45, 2.75) is 19.3 Å². The minimum Gasteiger partial charge on any atom is -0.462 e. The second kappa shape index (κ2) is 7.81. The van der Waals surface area contributed by atoms with Gasteiger partial charge in [0.2, 0.25) is 0 Å². The van der Waals surface area contributed by atoms with Gasteiger partial charge in [-0.1, -0.05) is 0 Å². The summed E-state index contributed by atoms with van der Waals surface area (Å²) in [6.45, 7) is 1.58. The van der Waals surface area contributed by atoms with E-state index in [9.17, 15) is 35.9 Å². The summed E-state index contributed by atoms with van der Waals surface area (Å²) in [4.78, 5) is 23.8. The van der Waals surface area contributed by atoms with Crippen molar-refractivity contribution in [2.75, 3.05) is 6.61 Å². The standard InChI is InChI=1S/C15H10BrF6N3O3/c1-2-28-12(26)11(16)6-24-7-23-25(13(24)27)10-4-8(14(17,18)19)3-9(5-10)15(20,21)22/h3-7H,2H2,1H3/b11-6-. The maximum Gasteiger partial charge on any atom is 0.416 e. The normalized spacial score (nSPS) is 12.9. The number of hydrogen-bond donors (Lipinski definition) is 0. The van der Waals surface area contributed by atoms with E-state index >= 15 is 0 Å². The molecule has 0 amide bonds. The van der Waals surface area contributed by atoms with E-state index in [0.29, 0.717) is 21.4 Å². The van der Waals surface area contributed by atoms with Crippen molar-refractivity contribution in [1.29, 1.82) is 0 Å². The van der Waals surface area contributed by atoms with E-state index in [1.807, 2.05) is 0 Å². The second-order valence-electron chi connectivity index (χ2n) is 5.19. The fourth-order valence-electron chi connectivity index (χ4n) is 2.02. The van der Waals surface area contributed by atoms with Gasteiger partial charge >= 0.3 is 24.0 Å². The van der Waals surface area contributed by atoms with Crippen LogP contribution in [0.15, 0.2) is 33.8 Å². The van der Waals surface area contributed by atoms with Crippen molar-refractivity contribution >= 4 is 28.1 Å². The van der Waals surface area contributed by atoms with Gasteiger partial charge in [0.25, 0.3) is 0 Å². The predicted molar refractivity (Wildman–Crippen MR) is 87.7 cm³/mol. The summed E-state index contributed by atoms with van der Waals surface area (Å²) in [6.07, 6.45) is -8.41. The van der Waals surface area contributed by atoms with Gasteiger partial charge in [-0.25, -0.2) is 9.59 Å². The molecule has 152 valence electrons. The molecule has 1 aromatic carbocycles. The van der Waals surface area contributed by atoms with Crippen LogP contribution in [0.5, 0.6) is 0 Å². The Morgan fingerprint density at radius 3 is 2.14 bits per heavy atom. The molecule has 2 aromatic rings. The molecule has 0 saturated heterocycles. The highest BCUT2D eigenvalue weighted by molar-refractivity contribution is 9.12. The van der Waals surface area contributed by atoms with Crippen molar-refractivity contribution < 1.29 is 35.9 Å². The van der Waals surface area contributed by atoms with E-state index in [-0.39, 0.29) is 17.2 Å². The van der Waals surface area contributed by atoms with Gasteiger partial charge in [0.1, 0.15) is 10.8 Å². The molecule has 6 nitrogen and oxygen atoms in total. The van der Waals surface area contributed by atoms with E-state index in [1.165, 1.54) is 6.92 Å². The average Bonchev–Trinajstić information content (AvgIpc) is 2.93. The topological polar surface area (TPSA) is 66.1 Å². The summed E-state index contributed by atoms with van der Waals surface area (Å²) in [5, 5.41) is 3.51. The number of aromatic nitrogens is 3. The number of ether oxygens (including phenoxy) is 1. The summed E-state index contributed by atoms with van der Waals surface area (Å²) in [5.74, 6) is -0.833. The van der Waals surface area contributed by atoms with Crippen LogP contribution >= 0.6 is 15.9 Å². The zero-order valence-electron chi connectivity index (χ0n) is 13.8. The number of halogens is 7. The molecular formula is C15H10BrF6N3O3. The van der Waals surface area contributed by atoms with Crippen LogP contribution < -0.4 is 5.69 Å². The maximum atomic E-state index is 12.9. The van der Waals surface area contributed by atoms with Gasteiger partial charge in [-0.15, -0.1) is 0 Å². The number of esters is 1. The summed E-state index contributed by atoms with van der Waals surface area (Å²) in [5.41, 5.74) is -5.04. The Balaban J connectivity index is 2.58. The average molecular weight is 474 g/mol. The quantitative estimate of drug-likeness (QED) is 0.384. The van der Waals surface area contributed by atoms with Crippen LogP contribution in [0.25, 0.3) is 11.9 Å². The Bertz CT molecular complexity index is 942. The summed E-state index contributed by atoms with van der Waals surface area (Å²) in [6, 6.07) is 0.652. The number of nitrogens with zero attached hydrogens (tertiary/aromatic N) is 3. The van der Waals surface area contributed by atoms with Crippen molar-refractivity contribution in [3.8, 4) is 5.69 Å². The van der Waals surface area contributed by atoms with Crippen LogP contribution in [0.4, 0.5) is 26.3 Å². The van der Waals surface area contributed by atoms with Crippen LogP contribution in [-0.2, 0) is 21.9 Å². The van der Waals surface area contributed by atoms with Gasteiger partial charge in [0.15, 0.2) is 0 Å². The highest BCUT2D eigenvalue weighted by Crippen LogP contribution is 2.36. The fourth-order valence-corrected chi connectivity index (χ4v) is 2.35. The summed E-state index contributed by atoms with van der Waals surface area (Å²) in [7, 11) is 0. The first-order chi connectivity index (χ1) is 12.8. The van der Waals surface area contributed by atoms with Crippen molar-refractivity contribution in [2.24, 2.45) is 0 Å². The second-order valence-corrected chi connectivity index (χ2v) is 6.05. The monoisotopic (exact) mass is 473 g/mol. The molecule has 0 fully saturated rings. The highest BCUT2D eigenvalue weighted by atomic mass is 79.9. The summed E-state index contributed by atoms with van der Waals surface area (Å²) >= 11 is 2.85. The first kappa shape index (κ1) is 21.7. The molecule has 1 heterocycles. The molecule has 0 saturated carbocycles. The number of alkyl halides is 6. The predicted octanol–water partition coefficient (Wildman–Crippen LogP) is 3.83. The van der Waals surface area contributed by atoms with Crippen LogP contribution in [0, 0.1) is 0 Å². The molecule has 0 aliphatic carbocycles. The van der Waals surface area contributed by atoms with E-state index < -0.39 is 40.8 Å². The van der Waals surface area contributed by atoms with Crippen LogP contribution in [0.1, 0.15) is 18.1 Å². The molecule has 0 aliphatic rings. The van der Waals surface area contributed by atoms with E-state index in [2.05, 4.69) is 25.8 Å². The minimum atomic E-state index is -5.07. The van der Waals surface area contributed by atoms with Gasteiger partial charge in [0, 0.05) is 6.20 Å². The molecule has 0 unspecified atom stereocenters. The van der Waals surface area contributed by atoms with Crippen molar-refractivity contribution in [1.82, 2.24) is 14.3 Å². The Hall–Kier alpha value is -2.57. The van der Waals surface area contributed by atoms with Crippen molar-refractivity contribution in [3.63, 3.8) is 0 Å². The Labute approximate surface area is 161 Å². The summed E-state index contributed by atoms with van der Waals surface area (Å²) < 4.78 is 83.1. The molecule has 0 spiro atoms. The molecule has 28 heavy (non-hydrogen) atoms. The molecule has 0 aliphatic heterocycles. The first-order valence-electron chi connectivity index (χ1n) is 7.35. The van der Waals surface area contributed by atoms with E-state index in [1.54, 1.807) is 0 Å². The fraction of sp³-hybridized carbons (Fsp3) is 0.267. The zero-order chi connectivity index (χ0) is 21.3. The lowest BCUT2D eigenvalue weighted by Crippen LogP contribution is -2.23. The third kappa shape index (κ3) is 4.82. The van der Waals surface area contributed by atoms with E-state index in [4.69, 9.17) is 0 Å². The lowest BCUT2D eigenvalue weighted by molar-refractivity contribution is -0.143. The SMILES string of the molecule is CCOC(=O)/C(Br)=C/n1cnn(-c2cc(C(F)(F)F)cc(C(F)(F)F)c2)c1=O. The molecule has 0 atom stereocenters. The van der Waals surface area contributed by atoms with Gasteiger partial charge < -0.3 is 4.74 Å². The molecular weight excluding hydrogens is 464 g/mol. The Kier molecular flexibility index (Phi) is 6.06. The van der Waals surface area contributed by atoms with Crippen LogP contribution in [0.2, 0.25) is 0 Å². The molecule has 1 aromatic heterocycles. The number of rotatable bonds is 4. The third-order valence-corrected chi connectivity index (χ3v) is 3.76. The maximum absolute atomic E-state index is 12.9. The van der Waals surface area contributed by atoms with E-state index in [0.717, 1.165) is 12.5 Å². The molecule has 0 N–H and O–H groups in total. The lowest BCUT2D eigenvalue weighted by Gasteiger charge is -2.13. The Morgan fingerprint density at radius 1 is 1.14 bits per heavy atom. The highest BCUT2D eigenvalue weighted by Gasteiger charge is 2.37. The number of benzene rings is 1. The van der Waals surface area contributed by atoms with Gasteiger partial charge in [0.05, 0.1) is 23.4 Å².